The SMILES string of the molecule is CNc1ncccc1C(=O)NCCN1CCC(CCc2ccccc2)CC1. The highest BCUT2D eigenvalue weighted by atomic mass is 16.1. The van der Waals surface area contributed by atoms with Gasteiger partial charge in [-0.05, 0) is 62.4 Å². The fourth-order valence-corrected chi connectivity index (χ4v) is 3.72. The number of hydrogen-bond acceptors (Lipinski definition) is 4. The second-order valence-corrected chi connectivity index (χ2v) is 7.21. The van der Waals surface area contributed by atoms with E-state index in [2.05, 4.69) is 50.8 Å². The second-order valence-electron chi connectivity index (χ2n) is 7.21. The van der Waals surface area contributed by atoms with Crippen molar-refractivity contribution in [1.29, 1.82) is 0 Å². The van der Waals surface area contributed by atoms with Gasteiger partial charge in [0.25, 0.3) is 5.91 Å². The lowest BCUT2D eigenvalue weighted by Gasteiger charge is -2.32. The first-order chi connectivity index (χ1) is 13.3. The molecule has 0 saturated carbocycles. The van der Waals surface area contributed by atoms with E-state index in [9.17, 15) is 4.79 Å². The van der Waals surface area contributed by atoms with Crippen molar-refractivity contribution in [3.8, 4) is 0 Å². The summed E-state index contributed by atoms with van der Waals surface area (Å²) in [7, 11) is 1.78. The number of anilines is 1. The molecule has 1 saturated heterocycles. The molecule has 0 spiro atoms. The summed E-state index contributed by atoms with van der Waals surface area (Å²) in [6.07, 6.45) is 6.66. The Morgan fingerprint density at radius 3 is 2.67 bits per heavy atom. The quantitative estimate of drug-likeness (QED) is 0.753. The van der Waals surface area contributed by atoms with Crippen LogP contribution in [0, 0.1) is 5.92 Å². The second kappa shape index (κ2) is 10.1. The number of benzene rings is 1. The molecule has 0 atom stereocenters. The van der Waals surface area contributed by atoms with Crippen LogP contribution in [0.5, 0.6) is 0 Å². The summed E-state index contributed by atoms with van der Waals surface area (Å²) in [4.78, 5) is 19.0. The average Bonchev–Trinajstić information content (AvgIpc) is 2.73. The molecule has 3 rings (SSSR count). The molecule has 1 aromatic heterocycles. The lowest BCUT2D eigenvalue weighted by molar-refractivity contribution is 0.0944. The van der Waals surface area contributed by atoms with Crippen LogP contribution in [0.3, 0.4) is 0 Å². The molecule has 2 N–H and O–H groups in total. The normalized spacial score (nSPS) is 15.4. The molecule has 5 heteroatoms. The number of rotatable bonds is 8. The molecule has 2 aromatic rings. The van der Waals surface area contributed by atoms with Crippen molar-refractivity contribution in [1.82, 2.24) is 15.2 Å². The van der Waals surface area contributed by atoms with Crippen LogP contribution in [0.2, 0.25) is 0 Å². The zero-order valence-corrected chi connectivity index (χ0v) is 16.2. The predicted molar refractivity (Wildman–Crippen MR) is 110 cm³/mol. The molecule has 144 valence electrons. The number of nitrogens with zero attached hydrogens (tertiary/aromatic N) is 2. The number of aryl methyl sites for hydroxylation is 1. The summed E-state index contributed by atoms with van der Waals surface area (Å²) in [6, 6.07) is 14.4. The number of likely N-dealkylation sites (tertiary alicyclic amines) is 1. The first-order valence-corrected chi connectivity index (χ1v) is 9.93. The molecule has 1 aliphatic heterocycles. The third-order valence-electron chi connectivity index (χ3n) is 5.39. The van der Waals surface area contributed by atoms with E-state index in [0.717, 1.165) is 25.6 Å². The smallest absolute Gasteiger partial charge is 0.255 e. The lowest BCUT2D eigenvalue weighted by Crippen LogP contribution is -2.39. The van der Waals surface area contributed by atoms with E-state index in [1.165, 1.54) is 31.2 Å². The van der Waals surface area contributed by atoms with Gasteiger partial charge in [-0.15, -0.1) is 0 Å². The average molecular weight is 367 g/mol. The van der Waals surface area contributed by atoms with Crippen molar-refractivity contribution in [2.45, 2.75) is 25.7 Å². The highest BCUT2D eigenvalue weighted by Crippen LogP contribution is 2.22. The molecular weight excluding hydrogens is 336 g/mol. The van der Waals surface area contributed by atoms with Crippen LogP contribution in [0.25, 0.3) is 0 Å². The molecule has 1 aliphatic rings. The van der Waals surface area contributed by atoms with Gasteiger partial charge in [-0.2, -0.15) is 0 Å². The zero-order valence-electron chi connectivity index (χ0n) is 16.2. The number of piperidine rings is 1. The fourth-order valence-electron chi connectivity index (χ4n) is 3.72. The van der Waals surface area contributed by atoms with Crippen molar-refractivity contribution in [3.63, 3.8) is 0 Å². The zero-order chi connectivity index (χ0) is 18.9. The van der Waals surface area contributed by atoms with Gasteiger partial charge in [0.1, 0.15) is 5.82 Å². The number of amides is 1. The maximum Gasteiger partial charge on any atom is 0.255 e. The van der Waals surface area contributed by atoms with E-state index < -0.39 is 0 Å². The van der Waals surface area contributed by atoms with Gasteiger partial charge in [-0.25, -0.2) is 4.98 Å². The van der Waals surface area contributed by atoms with Crippen LogP contribution in [0.4, 0.5) is 5.82 Å². The van der Waals surface area contributed by atoms with Crippen molar-refractivity contribution < 1.29 is 4.79 Å². The maximum absolute atomic E-state index is 12.3. The van der Waals surface area contributed by atoms with Crippen LogP contribution >= 0.6 is 0 Å². The van der Waals surface area contributed by atoms with Crippen molar-refractivity contribution in [2.75, 3.05) is 38.5 Å². The topological polar surface area (TPSA) is 57.3 Å². The number of carbonyl (C=O) groups is 1. The third kappa shape index (κ3) is 5.79. The molecular formula is C22H30N4O. The van der Waals surface area contributed by atoms with Gasteiger partial charge in [0, 0.05) is 26.3 Å². The maximum atomic E-state index is 12.3. The summed E-state index contributed by atoms with van der Waals surface area (Å²) < 4.78 is 0. The molecule has 1 aromatic carbocycles. The van der Waals surface area contributed by atoms with E-state index in [1.54, 1.807) is 25.4 Å². The van der Waals surface area contributed by atoms with Gasteiger partial charge < -0.3 is 15.5 Å². The summed E-state index contributed by atoms with van der Waals surface area (Å²) in [5, 5.41) is 5.98. The first-order valence-electron chi connectivity index (χ1n) is 9.93. The standard InChI is InChI=1S/C22H30N4O/c1-23-21-20(8-5-13-24-21)22(27)25-14-17-26-15-11-19(12-16-26)10-9-18-6-3-2-4-7-18/h2-8,13,19H,9-12,14-17H2,1H3,(H,23,24)(H,25,27). The van der Waals surface area contributed by atoms with Crippen LogP contribution in [0.1, 0.15) is 35.2 Å². The third-order valence-corrected chi connectivity index (χ3v) is 5.39. The molecule has 0 aliphatic carbocycles. The molecule has 1 fully saturated rings. The molecule has 1 amide bonds. The summed E-state index contributed by atoms with van der Waals surface area (Å²) in [5.74, 6) is 1.38. The number of carbonyl (C=O) groups excluding carboxylic acids is 1. The van der Waals surface area contributed by atoms with E-state index in [1.807, 2.05) is 0 Å². The first kappa shape index (κ1) is 19.4. The van der Waals surface area contributed by atoms with Gasteiger partial charge in [0.05, 0.1) is 5.56 Å². The molecule has 0 unspecified atom stereocenters. The number of pyridine rings is 1. The fraction of sp³-hybridized carbons (Fsp3) is 0.455. The Kier molecular flexibility index (Phi) is 7.22. The summed E-state index contributed by atoms with van der Waals surface area (Å²) in [5.41, 5.74) is 2.04. The molecule has 0 bridgehead atoms. The van der Waals surface area contributed by atoms with Crippen LogP contribution < -0.4 is 10.6 Å². The van der Waals surface area contributed by atoms with Crippen molar-refractivity contribution >= 4 is 11.7 Å². The van der Waals surface area contributed by atoms with Gasteiger partial charge in [0.15, 0.2) is 0 Å². The van der Waals surface area contributed by atoms with Gasteiger partial charge in [0.2, 0.25) is 0 Å². The van der Waals surface area contributed by atoms with E-state index in [-0.39, 0.29) is 5.91 Å². The summed E-state index contributed by atoms with van der Waals surface area (Å²) in [6.45, 7) is 3.84. The van der Waals surface area contributed by atoms with Gasteiger partial charge in [-0.3, -0.25) is 4.79 Å². The molecule has 5 nitrogen and oxygen atoms in total. The Hall–Kier alpha value is -2.40. The lowest BCUT2D eigenvalue weighted by atomic mass is 9.90. The molecule has 2 heterocycles. The van der Waals surface area contributed by atoms with Crippen LogP contribution in [-0.2, 0) is 6.42 Å². The summed E-state index contributed by atoms with van der Waals surface area (Å²) >= 11 is 0. The van der Waals surface area contributed by atoms with Gasteiger partial charge >= 0.3 is 0 Å². The van der Waals surface area contributed by atoms with E-state index in [0.29, 0.717) is 17.9 Å². The number of nitrogens with one attached hydrogen (secondary N) is 2. The predicted octanol–water partition coefficient (Wildman–Crippen LogP) is 3.20. The molecule has 27 heavy (non-hydrogen) atoms. The minimum atomic E-state index is -0.0646. The largest absolute Gasteiger partial charge is 0.372 e. The Morgan fingerprint density at radius 1 is 1.15 bits per heavy atom. The highest BCUT2D eigenvalue weighted by Gasteiger charge is 2.19. The van der Waals surface area contributed by atoms with Gasteiger partial charge in [-0.1, -0.05) is 30.3 Å². The minimum absolute atomic E-state index is 0.0646. The number of aromatic nitrogens is 1. The van der Waals surface area contributed by atoms with Crippen LogP contribution in [0.15, 0.2) is 48.7 Å². The highest BCUT2D eigenvalue weighted by molar-refractivity contribution is 5.98. The number of hydrogen-bond donors (Lipinski definition) is 2. The van der Waals surface area contributed by atoms with E-state index >= 15 is 0 Å². The van der Waals surface area contributed by atoms with E-state index in [4.69, 9.17) is 0 Å². The minimum Gasteiger partial charge on any atom is -0.372 e. The Bertz CT molecular complexity index is 711. The monoisotopic (exact) mass is 366 g/mol. The van der Waals surface area contributed by atoms with Crippen LogP contribution in [-0.4, -0.2) is 49.0 Å². The Balaban J connectivity index is 1.34. The van der Waals surface area contributed by atoms with Crippen molar-refractivity contribution in [3.05, 3.63) is 59.8 Å². The molecule has 0 radical (unpaired) electrons. The van der Waals surface area contributed by atoms with Crippen molar-refractivity contribution in [2.24, 2.45) is 5.92 Å². The Morgan fingerprint density at radius 2 is 1.93 bits per heavy atom. The Labute approximate surface area is 162 Å².